The van der Waals surface area contributed by atoms with E-state index in [4.69, 9.17) is 21.1 Å². The van der Waals surface area contributed by atoms with Crippen molar-refractivity contribution < 1.29 is 14.3 Å². The average Bonchev–Trinajstić information content (AvgIpc) is 2.68. The standard InChI is InChI=1S/C21H16ClNO3/c1-25-19-12-4-16(5-13-19)21(24)26-20-10-2-15(3-11-20)14-23-18-8-6-17(22)7-9-18/h2-14H,1H3. The number of aliphatic imine (C=N–C) groups is 1. The second kappa shape index (κ2) is 8.32. The van der Waals surface area contributed by atoms with Crippen LogP contribution in [0.15, 0.2) is 77.8 Å². The molecule has 0 N–H and O–H groups in total. The van der Waals surface area contributed by atoms with Gasteiger partial charge >= 0.3 is 5.97 Å². The number of hydrogen-bond acceptors (Lipinski definition) is 4. The van der Waals surface area contributed by atoms with Gasteiger partial charge in [0.2, 0.25) is 0 Å². The number of methoxy groups -OCH3 is 1. The lowest BCUT2D eigenvalue weighted by Crippen LogP contribution is -2.08. The van der Waals surface area contributed by atoms with Gasteiger partial charge in [0.05, 0.1) is 18.4 Å². The molecule has 0 heterocycles. The highest BCUT2D eigenvalue weighted by atomic mass is 35.5. The van der Waals surface area contributed by atoms with Crippen molar-refractivity contribution in [1.29, 1.82) is 0 Å². The van der Waals surface area contributed by atoms with E-state index in [-0.39, 0.29) is 0 Å². The topological polar surface area (TPSA) is 47.9 Å². The van der Waals surface area contributed by atoms with E-state index >= 15 is 0 Å². The first-order chi connectivity index (χ1) is 12.6. The maximum absolute atomic E-state index is 12.1. The number of carbonyl (C=O) groups excluding carboxylic acids is 1. The highest BCUT2D eigenvalue weighted by Crippen LogP contribution is 2.18. The zero-order valence-corrected chi connectivity index (χ0v) is 14.8. The van der Waals surface area contributed by atoms with Crippen LogP contribution in [0.2, 0.25) is 5.02 Å². The molecule has 26 heavy (non-hydrogen) atoms. The largest absolute Gasteiger partial charge is 0.497 e. The summed E-state index contributed by atoms with van der Waals surface area (Å²) in [5, 5.41) is 0.673. The summed E-state index contributed by atoms with van der Waals surface area (Å²) < 4.78 is 10.4. The lowest BCUT2D eigenvalue weighted by atomic mass is 10.2. The molecule has 0 aromatic heterocycles. The van der Waals surface area contributed by atoms with E-state index in [0.29, 0.717) is 22.1 Å². The molecule has 0 saturated carbocycles. The van der Waals surface area contributed by atoms with Gasteiger partial charge in [0.25, 0.3) is 0 Å². The molecule has 4 nitrogen and oxygen atoms in total. The summed E-state index contributed by atoms with van der Waals surface area (Å²) in [5.74, 6) is 0.732. The van der Waals surface area contributed by atoms with E-state index in [1.54, 1.807) is 61.9 Å². The normalized spacial score (nSPS) is 10.7. The van der Waals surface area contributed by atoms with E-state index in [1.807, 2.05) is 24.3 Å². The molecule has 0 spiro atoms. The Morgan fingerprint density at radius 1 is 0.885 bits per heavy atom. The molecule has 0 atom stereocenters. The molecular weight excluding hydrogens is 350 g/mol. The lowest BCUT2D eigenvalue weighted by molar-refractivity contribution is 0.0734. The Morgan fingerprint density at radius 2 is 1.50 bits per heavy atom. The monoisotopic (exact) mass is 365 g/mol. The summed E-state index contributed by atoms with van der Waals surface area (Å²) >= 11 is 5.85. The number of carbonyl (C=O) groups is 1. The fourth-order valence-electron chi connectivity index (χ4n) is 2.19. The minimum Gasteiger partial charge on any atom is -0.497 e. The first-order valence-corrected chi connectivity index (χ1v) is 8.28. The summed E-state index contributed by atoms with van der Waals surface area (Å²) in [6, 6.07) is 21.1. The summed E-state index contributed by atoms with van der Waals surface area (Å²) in [6.07, 6.45) is 1.73. The van der Waals surface area contributed by atoms with Gasteiger partial charge in [0.1, 0.15) is 11.5 Å². The molecule has 0 aliphatic carbocycles. The van der Waals surface area contributed by atoms with Crippen molar-refractivity contribution in [3.8, 4) is 11.5 Å². The van der Waals surface area contributed by atoms with Crippen molar-refractivity contribution in [2.75, 3.05) is 7.11 Å². The van der Waals surface area contributed by atoms with Crippen LogP contribution < -0.4 is 9.47 Å². The Labute approximate surface area is 156 Å². The van der Waals surface area contributed by atoms with E-state index in [9.17, 15) is 4.79 Å². The van der Waals surface area contributed by atoms with Crippen molar-refractivity contribution in [2.45, 2.75) is 0 Å². The van der Waals surface area contributed by atoms with Gasteiger partial charge in [0, 0.05) is 11.2 Å². The van der Waals surface area contributed by atoms with Gasteiger partial charge in [-0.05, 0) is 78.4 Å². The van der Waals surface area contributed by atoms with Gasteiger partial charge in [-0.25, -0.2) is 4.79 Å². The second-order valence-corrected chi connectivity index (χ2v) is 5.86. The van der Waals surface area contributed by atoms with Gasteiger partial charge in [-0.3, -0.25) is 4.99 Å². The van der Waals surface area contributed by atoms with Crippen LogP contribution in [0, 0.1) is 0 Å². The molecular formula is C21H16ClNO3. The molecule has 130 valence electrons. The molecule has 0 fully saturated rings. The Morgan fingerprint density at radius 3 is 2.12 bits per heavy atom. The highest BCUT2D eigenvalue weighted by Gasteiger charge is 2.08. The van der Waals surface area contributed by atoms with Crippen LogP contribution in [-0.2, 0) is 0 Å². The van der Waals surface area contributed by atoms with Crippen LogP contribution >= 0.6 is 11.6 Å². The van der Waals surface area contributed by atoms with Crippen LogP contribution in [0.4, 0.5) is 5.69 Å². The van der Waals surface area contributed by atoms with Gasteiger partial charge in [-0.15, -0.1) is 0 Å². The molecule has 0 radical (unpaired) electrons. The number of nitrogens with zero attached hydrogens (tertiary/aromatic N) is 1. The number of rotatable bonds is 5. The zero-order chi connectivity index (χ0) is 18.4. The number of esters is 1. The van der Waals surface area contributed by atoms with Crippen LogP contribution in [0.25, 0.3) is 0 Å². The molecule has 0 aliphatic rings. The maximum Gasteiger partial charge on any atom is 0.343 e. The van der Waals surface area contributed by atoms with Gasteiger partial charge in [-0.1, -0.05) is 11.6 Å². The Balaban J connectivity index is 1.63. The smallest absolute Gasteiger partial charge is 0.343 e. The van der Waals surface area contributed by atoms with Crippen LogP contribution in [0.1, 0.15) is 15.9 Å². The van der Waals surface area contributed by atoms with Crippen molar-refractivity contribution in [3.05, 3.63) is 88.9 Å². The third kappa shape index (κ3) is 4.71. The van der Waals surface area contributed by atoms with Crippen molar-refractivity contribution in [2.24, 2.45) is 4.99 Å². The SMILES string of the molecule is COc1ccc(C(=O)Oc2ccc(C=Nc3ccc(Cl)cc3)cc2)cc1. The lowest BCUT2D eigenvalue weighted by Gasteiger charge is -2.05. The minimum absolute atomic E-state index is 0.421. The molecule has 0 amide bonds. The minimum atomic E-state index is -0.421. The fraction of sp³-hybridized carbons (Fsp3) is 0.0476. The molecule has 0 saturated heterocycles. The van der Waals surface area contributed by atoms with Crippen LogP contribution in [0.5, 0.6) is 11.5 Å². The third-order valence-corrected chi connectivity index (χ3v) is 3.86. The van der Waals surface area contributed by atoms with Crippen LogP contribution in [-0.4, -0.2) is 19.3 Å². The first kappa shape index (κ1) is 17.7. The van der Waals surface area contributed by atoms with Crippen molar-refractivity contribution >= 4 is 29.5 Å². The highest BCUT2D eigenvalue weighted by molar-refractivity contribution is 6.30. The molecule has 5 heteroatoms. The molecule has 0 unspecified atom stereocenters. The average molecular weight is 366 g/mol. The van der Waals surface area contributed by atoms with E-state index < -0.39 is 5.97 Å². The van der Waals surface area contributed by atoms with E-state index in [0.717, 1.165) is 11.3 Å². The number of hydrogen-bond donors (Lipinski definition) is 0. The third-order valence-electron chi connectivity index (χ3n) is 3.61. The number of halogens is 1. The molecule has 0 aliphatic heterocycles. The first-order valence-electron chi connectivity index (χ1n) is 7.90. The van der Waals surface area contributed by atoms with E-state index in [2.05, 4.69) is 4.99 Å². The predicted octanol–water partition coefficient (Wildman–Crippen LogP) is 5.32. The Hall–Kier alpha value is -3.11. The summed E-state index contributed by atoms with van der Waals surface area (Å²) in [6.45, 7) is 0. The van der Waals surface area contributed by atoms with Crippen molar-refractivity contribution in [3.63, 3.8) is 0 Å². The Bertz CT molecular complexity index is 901. The second-order valence-electron chi connectivity index (χ2n) is 5.42. The van der Waals surface area contributed by atoms with Gasteiger partial charge in [0.15, 0.2) is 0 Å². The summed E-state index contributed by atoms with van der Waals surface area (Å²) in [5.41, 5.74) is 2.16. The maximum atomic E-state index is 12.1. The quantitative estimate of drug-likeness (QED) is 0.349. The van der Waals surface area contributed by atoms with Crippen LogP contribution in [0.3, 0.4) is 0 Å². The predicted molar refractivity (Wildman–Crippen MR) is 103 cm³/mol. The summed E-state index contributed by atoms with van der Waals surface area (Å²) in [7, 11) is 1.57. The number of ether oxygens (including phenoxy) is 2. The van der Waals surface area contributed by atoms with Gasteiger partial charge < -0.3 is 9.47 Å². The van der Waals surface area contributed by atoms with Gasteiger partial charge in [-0.2, -0.15) is 0 Å². The zero-order valence-electron chi connectivity index (χ0n) is 14.1. The Kier molecular flexibility index (Phi) is 5.66. The fourth-order valence-corrected chi connectivity index (χ4v) is 2.32. The van der Waals surface area contributed by atoms with Crippen molar-refractivity contribution in [1.82, 2.24) is 0 Å². The molecule has 3 rings (SSSR count). The number of benzene rings is 3. The summed E-state index contributed by atoms with van der Waals surface area (Å²) in [4.78, 5) is 16.5. The molecule has 3 aromatic carbocycles. The molecule has 0 bridgehead atoms. The van der Waals surface area contributed by atoms with E-state index in [1.165, 1.54) is 0 Å². The molecule has 3 aromatic rings.